The fourth-order valence-electron chi connectivity index (χ4n) is 4.34. The number of carbonyl (C=O) groups excluding carboxylic acids is 1. The molecule has 8 nitrogen and oxygen atoms in total. The van der Waals surface area contributed by atoms with Crippen LogP contribution in [0, 0.1) is 13.8 Å². The van der Waals surface area contributed by atoms with E-state index in [0.717, 1.165) is 28.1 Å². The van der Waals surface area contributed by atoms with Crippen molar-refractivity contribution in [2.45, 2.75) is 39.3 Å². The second-order valence-electron chi connectivity index (χ2n) is 8.68. The number of hydrogen-bond acceptors (Lipinski definition) is 7. The minimum atomic E-state index is -0.395. The van der Waals surface area contributed by atoms with Crippen LogP contribution in [0.5, 0.6) is 0 Å². The lowest BCUT2D eigenvalue weighted by molar-refractivity contribution is -0.146. The summed E-state index contributed by atoms with van der Waals surface area (Å²) < 4.78 is 7.12. The van der Waals surface area contributed by atoms with Gasteiger partial charge in [-0.15, -0.1) is 0 Å². The maximum absolute atomic E-state index is 13.4. The summed E-state index contributed by atoms with van der Waals surface area (Å²) >= 11 is 0. The Morgan fingerprint density at radius 2 is 1.97 bits per heavy atom. The second-order valence-corrected chi connectivity index (χ2v) is 8.68. The third-order valence-electron chi connectivity index (χ3n) is 6.07. The molecule has 0 saturated heterocycles. The Bertz CT molecular complexity index is 1280. The number of aryl methyl sites for hydroxylation is 2. The van der Waals surface area contributed by atoms with Crippen LogP contribution >= 0.6 is 0 Å². The predicted molar refractivity (Wildman–Crippen MR) is 129 cm³/mol. The predicted octanol–water partition coefficient (Wildman–Crippen LogP) is 3.17. The highest BCUT2D eigenvalue weighted by Crippen LogP contribution is 2.36. The van der Waals surface area contributed by atoms with Crippen LogP contribution in [0.15, 0.2) is 41.3 Å². The van der Waals surface area contributed by atoms with Gasteiger partial charge in [-0.3, -0.25) is 14.2 Å². The van der Waals surface area contributed by atoms with Crippen molar-refractivity contribution < 1.29 is 9.53 Å². The molecule has 2 atom stereocenters. The maximum Gasteiger partial charge on any atom is 0.302 e. The van der Waals surface area contributed by atoms with Gasteiger partial charge in [0.2, 0.25) is 0 Å². The lowest BCUT2D eigenvalue weighted by atomic mass is 10.1. The number of nitrogens with zero attached hydrogens (tertiary/aromatic N) is 4. The Kier molecular flexibility index (Phi) is 5.93. The molecule has 0 amide bonds. The van der Waals surface area contributed by atoms with E-state index in [1.807, 2.05) is 63.2 Å². The normalized spacial score (nSPS) is 16.9. The topological polar surface area (TPSA) is 89.3 Å². The average Bonchev–Trinajstić information content (AvgIpc) is 3.10. The fourth-order valence-corrected chi connectivity index (χ4v) is 4.34. The van der Waals surface area contributed by atoms with E-state index in [1.54, 1.807) is 13.2 Å². The van der Waals surface area contributed by atoms with E-state index < -0.39 is 6.10 Å². The SMILES string of the molecule is CC(=O)O[C@H]1Cc2ccccc2[C@H]1Nc1c(C)nc(-c2cnc(N(C)C)cc2C)n(C)c1=O. The molecule has 1 N–H and O–H groups in total. The quantitative estimate of drug-likeness (QED) is 0.601. The number of anilines is 2. The first-order chi connectivity index (χ1) is 15.7. The van der Waals surface area contributed by atoms with Gasteiger partial charge in [0.25, 0.3) is 5.56 Å². The highest BCUT2D eigenvalue weighted by Gasteiger charge is 2.35. The summed E-state index contributed by atoms with van der Waals surface area (Å²) in [6, 6.07) is 9.58. The van der Waals surface area contributed by atoms with Crippen LogP contribution in [0.25, 0.3) is 11.4 Å². The third kappa shape index (κ3) is 4.20. The summed E-state index contributed by atoms with van der Waals surface area (Å²) in [5.74, 6) is 1.05. The Morgan fingerprint density at radius 3 is 2.64 bits per heavy atom. The average molecular weight is 448 g/mol. The fraction of sp³-hybridized carbons (Fsp3) is 0.360. The van der Waals surface area contributed by atoms with Crippen molar-refractivity contribution in [3.63, 3.8) is 0 Å². The molecule has 0 saturated carbocycles. The van der Waals surface area contributed by atoms with Crippen molar-refractivity contribution in [2.75, 3.05) is 24.3 Å². The highest BCUT2D eigenvalue weighted by molar-refractivity contribution is 5.67. The van der Waals surface area contributed by atoms with E-state index in [1.165, 1.54) is 11.5 Å². The molecule has 172 valence electrons. The van der Waals surface area contributed by atoms with Crippen LogP contribution in [-0.2, 0) is 23.0 Å². The molecule has 1 aliphatic rings. The maximum atomic E-state index is 13.4. The number of pyridine rings is 1. The van der Waals surface area contributed by atoms with E-state index in [-0.39, 0.29) is 17.6 Å². The van der Waals surface area contributed by atoms with Crippen molar-refractivity contribution in [3.8, 4) is 11.4 Å². The molecular formula is C25H29N5O3. The van der Waals surface area contributed by atoms with Gasteiger partial charge in [0, 0.05) is 46.2 Å². The lowest BCUT2D eigenvalue weighted by Crippen LogP contribution is -2.31. The number of benzene rings is 1. The molecule has 0 fully saturated rings. The number of fused-ring (bicyclic) bond motifs is 1. The lowest BCUT2D eigenvalue weighted by Gasteiger charge is -2.24. The summed E-state index contributed by atoms with van der Waals surface area (Å²) in [6.07, 6.45) is 1.96. The van der Waals surface area contributed by atoms with Gasteiger partial charge >= 0.3 is 5.97 Å². The molecule has 2 aromatic heterocycles. The van der Waals surface area contributed by atoms with Crippen LogP contribution in [0.3, 0.4) is 0 Å². The van der Waals surface area contributed by atoms with Gasteiger partial charge in [-0.25, -0.2) is 9.97 Å². The molecule has 3 aromatic rings. The zero-order valence-corrected chi connectivity index (χ0v) is 19.8. The monoisotopic (exact) mass is 447 g/mol. The van der Waals surface area contributed by atoms with Crippen LogP contribution in [0.4, 0.5) is 11.5 Å². The molecule has 1 aromatic carbocycles. The van der Waals surface area contributed by atoms with Crippen LogP contribution in [-0.4, -0.2) is 40.7 Å². The Morgan fingerprint density at radius 1 is 1.24 bits per heavy atom. The third-order valence-corrected chi connectivity index (χ3v) is 6.07. The number of aromatic nitrogens is 3. The first kappa shape index (κ1) is 22.5. The van der Waals surface area contributed by atoms with Crippen molar-refractivity contribution in [1.29, 1.82) is 0 Å². The Balaban J connectivity index is 1.74. The van der Waals surface area contributed by atoms with Gasteiger partial charge in [0.1, 0.15) is 23.4 Å². The molecule has 4 rings (SSSR count). The minimum absolute atomic E-state index is 0.195. The van der Waals surface area contributed by atoms with E-state index >= 15 is 0 Å². The van der Waals surface area contributed by atoms with Crippen LogP contribution < -0.4 is 15.8 Å². The minimum Gasteiger partial charge on any atom is -0.460 e. The van der Waals surface area contributed by atoms with E-state index in [4.69, 9.17) is 9.72 Å². The van der Waals surface area contributed by atoms with Gasteiger partial charge in [-0.05, 0) is 36.6 Å². The van der Waals surface area contributed by atoms with Crippen molar-refractivity contribution in [2.24, 2.45) is 7.05 Å². The van der Waals surface area contributed by atoms with Crippen molar-refractivity contribution in [3.05, 3.63) is 69.3 Å². The number of esters is 1. The molecule has 2 heterocycles. The first-order valence-electron chi connectivity index (χ1n) is 10.9. The number of ether oxygens (including phenoxy) is 1. The molecular weight excluding hydrogens is 418 g/mol. The molecule has 1 aliphatic carbocycles. The van der Waals surface area contributed by atoms with Crippen molar-refractivity contribution >= 4 is 17.5 Å². The van der Waals surface area contributed by atoms with Crippen LogP contribution in [0.2, 0.25) is 0 Å². The summed E-state index contributed by atoms with van der Waals surface area (Å²) in [5, 5.41) is 3.35. The number of hydrogen-bond donors (Lipinski definition) is 1. The largest absolute Gasteiger partial charge is 0.460 e. The zero-order valence-electron chi connectivity index (χ0n) is 19.8. The van der Waals surface area contributed by atoms with E-state index in [0.29, 0.717) is 23.6 Å². The summed E-state index contributed by atoms with van der Waals surface area (Å²) in [7, 11) is 5.58. The van der Waals surface area contributed by atoms with Crippen LogP contribution in [0.1, 0.15) is 35.3 Å². The Hall–Kier alpha value is -3.68. The molecule has 0 unspecified atom stereocenters. The van der Waals surface area contributed by atoms with Gasteiger partial charge in [-0.2, -0.15) is 0 Å². The molecule has 0 bridgehead atoms. The number of nitrogens with one attached hydrogen (secondary N) is 1. The van der Waals surface area contributed by atoms with E-state index in [2.05, 4.69) is 10.3 Å². The molecule has 8 heteroatoms. The molecule has 33 heavy (non-hydrogen) atoms. The van der Waals surface area contributed by atoms with Gasteiger partial charge < -0.3 is 15.0 Å². The zero-order chi connectivity index (χ0) is 23.9. The second kappa shape index (κ2) is 8.69. The summed E-state index contributed by atoms with van der Waals surface area (Å²) in [5.41, 5.74) is 4.69. The standard InChI is InChI=1S/C25H29N5O3/c1-14-11-21(29(4)5)26-13-19(14)24-27-15(2)22(25(32)30(24)6)28-23-18-10-8-7-9-17(18)12-20(23)33-16(3)31/h7-11,13,20,23,28H,12H2,1-6H3/t20-,23+/m0/s1. The Labute approximate surface area is 193 Å². The van der Waals surface area contributed by atoms with Crippen molar-refractivity contribution in [1.82, 2.24) is 14.5 Å². The highest BCUT2D eigenvalue weighted by atomic mass is 16.5. The summed E-state index contributed by atoms with van der Waals surface area (Å²) in [4.78, 5) is 36.3. The smallest absolute Gasteiger partial charge is 0.302 e. The molecule has 0 aliphatic heterocycles. The number of carbonyl (C=O) groups is 1. The molecule has 0 spiro atoms. The summed E-state index contributed by atoms with van der Waals surface area (Å²) in [6.45, 7) is 5.20. The van der Waals surface area contributed by atoms with E-state index in [9.17, 15) is 9.59 Å². The van der Waals surface area contributed by atoms with Gasteiger partial charge in [0.05, 0.1) is 11.7 Å². The van der Waals surface area contributed by atoms with Gasteiger partial charge in [-0.1, -0.05) is 24.3 Å². The van der Waals surface area contributed by atoms with Gasteiger partial charge in [0.15, 0.2) is 0 Å². The number of rotatable bonds is 5. The molecule has 0 radical (unpaired) electrons. The first-order valence-corrected chi connectivity index (χ1v) is 10.9.